The van der Waals surface area contributed by atoms with Crippen molar-refractivity contribution >= 4 is 33.8 Å². The maximum absolute atomic E-state index is 12.5. The molecule has 0 radical (unpaired) electrons. The van der Waals surface area contributed by atoms with Crippen LogP contribution in [0.15, 0.2) is 22.9 Å². The van der Waals surface area contributed by atoms with E-state index in [2.05, 4.69) is 27.2 Å². The van der Waals surface area contributed by atoms with Crippen LogP contribution in [0, 0.1) is 0 Å². The molecule has 1 amide bonds. The van der Waals surface area contributed by atoms with Crippen molar-refractivity contribution in [3.63, 3.8) is 0 Å². The molecule has 164 valence electrons. The highest BCUT2D eigenvalue weighted by Crippen LogP contribution is 2.23. The van der Waals surface area contributed by atoms with Crippen LogP contribution in [0.2, 0.25) is 0 Å². The molecule has 0 saturated carbocycles. The Labute approximate surface area is 189 Å². The van der Waals surface area contributed by atoms with E-state index in [0.717, 1.165) is 34.7 Å². The van der Waals surface area contributed by atoms with E-state index < -0.39 is 11.7 Å². The molecule has 0 bridgehead atoms. The minimum atomic E-state index is -0.538. The molecule has 1 atom stereocenters. The molecule has 1 saturated heterocycles. The number of hydrogen-bond acceptors (Lipinski definition) is 7. The van der Waals surface area contributed by atoms with E-state index in [-0.39, 0.29) is 6.09 Å². The van der Waals surface area contributed by atoms with Crippen molar-refractivity contribution < 1.29 is 14.3 Å². The highest BCUT2D eigenvalue weighted by atomic mass is 79.9. The third-order valence-electron chi connectivity index (χ3n) is 4.40. The van der Waals surface area contributed by atoms with E-state index in [1.54, 1.807) is 11.1 Å². The highest BCUT2D eigenvalue weighted by Gasteiger charge is 2.31. The van der Waals surface area contributed by atoms with Crippen molar-refractivity contribution in [2.75, 3.05) is 31.7 Å². The number of ether oxygens (including phenoxy) is 2. The first-order valence-corrected chi connectivity index (χ1v) is 12.1. The molecule has 3 heterocycles. The van der Waals surface area contributed by atoms with Gasteiger partial charge in [0.05, 0.1) is 25.0 Å². The van der Waals surface area contributed by atoms with Gasteiger partial charge in [0, 0.05) is 13.0 Å². The van der Waals surface area contributed by atoms with Gasteiger partial charge in [0.25, 0.3) is 0 Å². The Morgan fingerprint density at radius 1 is 1.40 bits per heavy atom. The number of morpholine rings is 1. The van der Waals surface area contributed by atoms with Crippen LogP contribution in [0.3, 0.4) is 0 Å². The van der Waals surface area contributed by atoms with Gasteiger partial charge >= 0.3 is 6.09 Å². The summed E-state index contributed by atoms with van der Waals surface area (Å²) in [5, 5.41) is 4.72. The van der Waals surface area contributed by atoms with Gasteiger partial charge in [-0.1, -0.05) is 0 Å². The van der Waals surface area contributed by atoms with E-state index in [1.807, 2.05) is 49.3 Å². The van der Waals surface area contributed by atoms with Crippen LogP contribution in [-0.4, -0.2) is 68.0 Å². The number of hydrogen-bond donors (Lipinski definition) is 0. The second kappa shape index (κ2) is 10.1. The summed E-state index contributed by atoms with van der Waals surface area (Å²) in [7, 11) is 0. The SMILES string of the molecule is CSCCCc1nc(C2CN(C(=O)OC(C)(C)C)CCO2)nn1-c1ccc(Br)nc1. The maximum atomic E-state index is 12.5. The van der Waals surface area contributed by atoms with Crippen LogP contribution in [-0.2, 0) is 15.9 Å². The van der Waals surface area contributed by atoms with Gasteiger partial charge < -0.3 is 14.4 Å². The van der Waals surface area contributed by atoms with Crippen LogP contribution in [0.1, 0.15) is 44.9 Å². The number of aromatic nitrogens is 4. The van der Waals surface area contributed by atoms with Gasteiger partial charge in [-0.05, 0) is 67.3 Å². The van der Waals surface area contributed by atoms with E-state index in [1.165, 1.54) is 0 Å². The smallest absolute Gasteiger partial charge is 0.410 e. The van der Waals surface area contributed by atoms with Crippen molar-refractivity contribution in [2.24, 2.45) is 0 Å². The fraction of sp³-hybridized carbons (Fsp3) is 0.600. The molecule has 1 aliphatic rings. The van der Waals surface area contributed by atoms with Gasteiger partial charge in [-0.3, -0.25) is 0 Å². The number of nitrogens with zero attached hydrogens (tertiary/aromatic N) is 5. The molecule has 10 heteroatoms. The molecule has 0 aliphatic carbocycles. The molecular weight excluding hydrogens is 470 g/mol. The number of pyridine rings is 1. The van der Waals surface area contributed by atoms with Gasteiger partial charge in [-0.15, -0.1) is 5.10 Å². The number of carbonyl (C=O) groups is 1. The molecule has 2 aromatic heterocycles. The van der Waals surface area contributed by atoms with Gasteiger partial charge in [-0.25, -0.2) is 19.4 Å². The monoisotopic (exact) mass is 497 g/mol. The van der Waals surface area contributed by atoms with Crippen LogP contribution in [0.4, 0.5) is 4.79 Å². The Morgan fingerprint density at radius 2 is 2.20 bits per heavy atom. The summed E-state index contributed by atoms with van der Waals surface area (Å²) in [4.78, 5) is 23.2. The van der Waals surface area contributed by atoms with E-state index >= 15 is 0 Å². The molecule has 1 fully saturated rings. The molecule has 1 unspecified atom stereocenters. The van der Waals surface area contributed by atoms with Crippen molar-refractivity contribution in [1.29, 1.82) is 0 Å². The first-order valence-electron chi connectivity index (χ1n) is 9.93. The zero-order chi connectivity index (χ0) is 21.7. The Morgan fingerprint density at radius 3 is 2.87 bits per heavy atom. The lowest BCUT2D eigenvalue weighted by Crippen LogP contribution is -2.44. The zero-order valence-electron chi connectivity index (χ0n) is 17.8. The minimum Gasteiger partial charge on any atom is -0.444 e. The normalized spacial score (nSPS) is 17.2. The summed E-state index contributed by atoms with van der Waals surface area (Å²) in [5.74, 6) is 2.49. The first-order chi connectivity index (χ1) is 14.3. The zero-order valence-corrected chi connectivity index (χ0v) is 20.2. The maximum Gasteiger partial charge on any atom is 0.410 e. The van der Waals surface area contributed by atoms with Gasteiger partial charge in [0.2, 0.25) is 0 Å². The van der Waals surface area contributed by atoms with Crippen LogP contribution < -0.4 is 0 Å². The predicted octanol–water partition coefficient (Wildman–Crippen LogP) is 4.03. The van der Waals surface area contributed by atoms with E-state index in [9.17, 15) is 4.79 Å². The summed E-state index contributed by atoms with van der Waals surface area (Å²) in [6.07, 6.45) is 4.92. The third kappa shape index (κ3) is 6.18. The molecule has 0 spiro atoms. The lowest BCUT2D eigenvalue weighted by Gasteiger charge is -2.33. The summed E-state index contributed by atoms with van der Waals surface area (Å²) >= 11 is 5.18. The third-order valence-corrected chi connectivity index (χ3v) is 5.57. The Balaban J connectivity index is 1.81. The molecule has 1 aliphatic heterocycles. The van der Waals surface area contributed by atoms with Gasteiger partial charge in [-0.2, -0.15) is 11.8 Å². The quantitative estimate of drug-likeness (QED) is 0.439. The molecular formula is C20H28BrN5O3S. The molecule has 2 aromatic rings. The minimum absolute atomic E-state index is 0.340. The average Bonchev–Trinajstić information content (AvgIpc) is 3.12. The summed E-state index contributed by atoms with van der Waals surface area (Å²) < 4.78 is 14.0. The summed E-state index contributed by atoms with van der Waals surface area (Å²) in [5.41, 5.74) is 0.305. The first kappa shape index (κ1) is 23.0. The fourth-order valence-corrected chi connectivity index (χ4v) is 3.70. The van der Waals surface area contributed by atoms with E-state index in [4.69, 9.17) is 19.6 Å². The Bertz CT molecular complexity index is 853. The average molecular weight is 498 g/mol. The molecule has 30 heavy (non-hydrogen) atoms. The van der Waals surface area contributed by atoms with Crippen LogP contribution in [0.5, 0.6) is 0 Å². The van der Waals surface area contributed by atoms with Crippen LogP contribution >= 0.6 is 27.7 Å². The number of halogens is 1. The molecule has 3 rings (SSSR count). The summed E-state index contributed by atoms with van der Waals surface area (Å²) in [6, 6.07) is 3.83. The number of rotatable bonds is 6. The summed E-state index contributed by atoms with van der Waals surface area (Å²) in [6.45, 7) is 6.85. The second-order valence-electron chi connectivity index (χ2n) is 8.02. The Kier molecular flexibility index (Phi) is 7.75. The fourth-order valence-electron chi connectivity index (χ4n) is 3.03. The molecule has 0 N–H and O–H groups in total. The van der Waals surface area contributed by atoms with Crippen molar-refractivity contribution in [2.45, 2.75) is 45.3 Å². The van der Waals surface area contributed by atoms with Crippen molar-refractivity contribution in [1.82, 2.24) is 24.6 Å². The molecule has 8 nitrogen and oxygen atoms in total. The largest absolute Gasteiger partial charge is 0.444 e. The van der Waals surface area contributed by atoms with Gasteiger partial charge in [0.1, 0.15) is 22.1 Å². The topological polar surface area (TPSA) is 82.4 Å². The number of thioether (sulfide) groups is 1. The van der Waals surface area contributed by atoms with E-state index in [0.29, 0.717) is 25.5 Å². The predicted molar refractivity (Wildman–Crippen MR) is 120 cm³/mol. The van der Waals surface area contributed by atoms with Gasteiger partial charge in [0.15, 0.2) is 5.82 Å². The van der Waals surface area contributed by atoms with Crippen molar-refractivity contribution in [3.05, 3.63) is 34.6 Å². The molecule has 0 aromatic carbocycles. The standard InChI is InChI=1S/C20H28BrN5O3S/c1-20(2,3)29-19(27)25-9-10-28-15(13-25)18-23-17(6-5-11-30-4)26(24-18)14-7-8-16(21)22-12-14/h7-8,12,15H,5-6,9-11,13H2,1-4H3. The Hall–Kier alpha value is -1.65. The van der Waals surface area contributed by atoms with Crippen molar-refractivity contribution in [3.8, 4) is 5.69 Å². The number of amides is 1. The lowest BCUT2D eigenvalue weighted by atomic mass is 10.2. The lowest BCUT2D eigenvalue weighted by molar-refractivity contribution is -0.0462. The second-order valence-corrected chi connectivity index (χ2v) is 9.82. The highest BCUT2D eigenvalue weighted by molar-refractivity contribution is 9.10. The number of carbonyl (C=O) groups excluding carboxylic acids is 1. The number of aryl methyl sites for hydroxylation is 1. The van der Waals surface area contributed by atoms with Crippen LogP contribution in [0.25, 0.3) is 5.69 Å².